The molecule has 2 aromatic carbocycles. The van der Waals surface area contributed by atoms with Gasteiger partial charge in [-0.2, -0.15) is 0 Å². The zero-order valence-corrected chi connectivity index (χ0v) is 15.0. The van der Waals surface area contributed by atoms with Crippen molar-refractivity contribution in [1.82, 2.24) is 10.6 Å². The van der Waals surface area contributed by atoms with Crippen molar-refractivity contribution in [3.8, 4) is 0 Å². The molecule has 0 heterocycles. The Bertz CT molecular complexity index is 737. The standard InChI is InChI=1S/C20H26N2O3/c1-13(2)11-16(12-23)22-20(25)19(24)21-14(3)17-10-6-8-15-7-4-5-9-18(15)17/h4-10,13-14,16,23H,11-12H2,1-3H3,(H,21,24)(H,22,25)/t14-,16+/m1/s1. The Labute approximate surface area is 148 Å². The van der Waals surface area contributed by atoms with Gasteiger partial charge in [-0.05, 0) is 35.6 Å². The first-order valence-electron chi connectivity index (χ1n) is 8.62. The third-order valence-corrected chi connectivity index (χ3v) is 4.16. The van der Waals surface area contributed by atoms with Crippen LogP contribution in [0.5, 0.6) is 0 Å². The predicted molar refractivity (Wildman–Crippen MR) is 99.0 cm³/mol. The minimum Gasteiger partial charge on any atom is -0.394 e. The molecule has 0 aromatic heterocycles. The quantitative estimate of drug-likeness (QED) is 0.706. The Balaban J connectivity index is 2.05. The second-order valence-electron chi connectivity index (χ2n) is 6.75. The van der Waals surface area contributed by atoms with Crippen LogP contribution in [0.15, 0.2) is 42.5 Å². The van der Waals surface area contributed by atoms with Crippen LogP contribution >= 0.6 is 0 Å². The van der Waals surface area contributed by atoms with Crippen molar-refractivity contribution in [3.05, 3.63) is 48.0 Å². The molecule has 0 aliphatic rings. The highest BCUT2D eigenvalue weighted by atomic mass is 16.3. The average molecular weight is 342 g/mol. The molecule has 0 aliphatic carbocycles. The molecule has 2 aromatic rings. The van der Waals surface area contributed by atoms with Gasteiger partial charge in [0.15, 0.2) is 0 Å². The van der Waals surface area contributed by atoms with Crippen LogP contribution in [0.4, 0.5) is 0 Å². The maximum Gasteiger partial charge on any atom is 0.309 e. The van der Waals surface area contributed by atoms with Crippen molar-refractivity contribution in [3.63, 3.8) is 0 Å². The number of hydrogen-bond acceptors (Lipinski definition) is 3. The zero-order valence-electron chi connectivity index (χ0n) is 15.0. The topological polar surface area (TPSA) is 78.4 Å². The summed E-state index contributed by atoms with van der Waals surface area (Å²) in [6.07, 6.45) is 0.619. The van der Waals surface area contributed by atoms with E-state index in [0.717, 1.165) is 16.3 Å². The highest BCUT2D eigenvalue weighted by molar-refractivity contribution is 6.35. The number of carbonyl (C=O) groups is 2. The van der Waals surface area contributed by atoms with E-state index in [1.165, 1.54) is 0 Å². The van der Waals surface area contributed by atoms with Crippen molar-refractivity contribution in [2.24, 2.45) is 5.92 Å². The Kier molecular flexibility index (Phi) is 6.53. The fourth-order valence-electron chi connectivity index (χ4n) is 2.97. The van der Waals surface area contributed by atoms with Crippen molar-refractivity contribution >= 4 is 22.6 Å². The SMILES string of the molecule is CC(C)C[C@@H](CO)NC(=O)C(=O)N[C@H](C)c1cccc2ccccc12. The summed E-state index contributed by atoms with van der Waals surface area (Å²) in [7, 11) is 0. The minimum atomic E-state index is -0.716. The van der Waals surface area contributed by atoms with Crippen LogP contribution in [0, 0.1) is 5.92 Å². The molecule has 0 aliphatic heterocycles. The van der Waals surface area contributed by atoms with Gasteiger partial charge < -0.3 is 15.7 Å². The summed E-state index contributed by atoms with van der Waals surface area (Å²) < 4.78 is 0. The Hall–Kier alpha value is -2.40. The second-order valence-corrected chi connectivity index (χ2v) is 6.75. The summed E-state index contributed by atoms with van der Waals surface area (Å²) in [5, 5.41) is 16.8. The van der Waals surface area contributed by atoms with E-state index in [9.17, 15) is 14.7 Å². The molecule has 2 rings (SSSR count). The Morgan fingerprint density at radius 1 is 0.960 bits per heavy atom. The lowest BCUT2D eigenvalue weighted by molar-refractivity contribution is -0.140. The fourth-order valence-corrected chi connectivity index (χ4v) is 2.97. The van der Waals surface area contributed by atoms with Crippen LogP contribution in [0.3, 0.4) is 0 Å². The van der Waals surface area contributed by atoms with Gasteiger partial charge in [-0.25, -0.2) is 0 Å². The molecule has 134 valence electrons. The molecule has 2 atom stereocenters. The van der Waals surface area contributed by atoms with Gasteiger partial charge in [0, 0.05) is 0 Å². The molecular weight excluding hydrogens is 316 g/mol. The highest BCUT2D eigenvalue weighted by Crippen LogP contribution is 2.23. The summed E-state index contributed by atoms with van der Waals surface area (Å²) in [5.74, 6) is -1.09. The summed E-state index contributed by atoms with van der Waals surface area (Å²) >= 11 is 0. The Morgan fingerprint density at radius 2 is 1.60 bits per heavy atom. The molecule has 0 bridgehead atoms. The van der Waals surface area contributed by atoms with E-state index in [-0.39, 0.29) is 12.6 Å². The number of carbonyl (C=O) groups excluding carboxylic acids is 2. The number of aliphatic hydroxyl groups excluding tert-OH is 1. The molecule has 0 radical (unpaired) electrons. The van der Waals surface area contributed by atoms with Crippen LogP contribution in [0.2, 0.25) is 0 Å². The van der Waals surface area contributed by atoms with Gasteiger partial charge in [0.2, 0.25) is 0 Å². The fraction of sp³-hybridized carbons (Fsp3) is 0.400. The van der Waals surface area contributed by atoms with Crippen molar-refractivity contribution in [2.45, 2.75) is 39.3 Å². The molecule has 0 saturated heterocycles. The van der Waals surface area contributed by atoms with Crippen molar-refractivity contribution in [2.75, 3.05) is 6.61 Å². The van der Waals surface area contributed by atoms with Crippen LogP contribution in [0.1, 0.15) is 38.8 Å². The Morgan fingerprint density at radius 3 is 2.28 bits per heavy atom. The molecule has 5 nitrogen and oxygen atoms in total. The average Bonchev–Trinajstić information content (AvgIpc) is 2.59. The monoisotopic (exact) mass is 342 g/mol. The van der Waals surface area contributed by atoms with E-state index < -0.39 is 17.9 Å². The van der Waals surface area contributed by atoms with Crippen LogP contribution in [-0.4, -0.2) is 29.6 Å². The molecule has 0 spiro atoms. The lowest BCUT2D eigenvalue weighted by atomic mass is 9.99. The number of fused-ring (bicyclic) bond motifs is 1. The first-order chi connectivity index (χ1) is 11.9. The molecule has 2 amide bonds. The van der Waals surface area contributed by atoms with Crippen molar-refractivity contribution < 1.29 is 14.7 Å². The molecule has 5 heteroatoms. The summed E-state index contributed by atoms with van der Waals surface area (Å²) in [6, 6.07) is 13.1. The molecule has 3 N–H and O–H groups in total. The second kappa shape index (κ2) is 8.62. The largest absolute Gasteiger partial charge is 0.394 e. The number of aliphatic hydroxyl groups is 1. The van der Waals surface area contributed by atoms with Gasteiger partial charge in [0.25, 0.3) is 0 Å². The number of benzene rings is 2. The molecular formula is C20H26N2O3. The highest BCUT2D eigenvalue weighted by Gasteiger charge is 2.21. The number of rotatable bonds is 6. The van der Waals surface area contributed by atoms with Gasteiger partial charge >= 0.3 is 11.8 Å². The van der Waals surface area contributed by atoms with E-state index in [2.05, 4.69) is 10.6 Å². The van der Waals surface area contributed by atoms with Gasteiger partial charge in [-0.1, -0.05) is 56.3 Å². The summed E-state index contributed by atoms with van der Waals surface area (Å²) in [4.78, 5) is 24.3. The van der Waals surface area contributed by atoms with Crippen LogP contribution < -0.4 is 10.6 Å². The smallest absolute Gasteiger partial charge is 0.309 e. The lowest BCUT2D eigenvalue weighted by Crippen LogP contribution is -2.46. The van der Waals surface area contributed by atoms with E-state index in [4.69, 9.17) is 0 Å². The third-order valence-electron chi connectivity index (χ3n) is 4.16. The number of nitrogens with one attached hydrogen (secondary N) is 2. The van der Waals surface area contributed by atoms with E-state index in [1.54, 1.807) is 0 Å². The lowest BCUT2D eigenvalue weighted by Gasteiger charge is -2.20. The number of amides is 2. The molecule has 0 unspecified atom stereocenters. The van der Waals surface area contributed by atoms with E-state index in [1.807, 2.05) is 63.2 Å². The third kappa shape index (κ3) is 5.03. The minimum absolute atomic E-state index is 0.184. The maximum absolute atomic E-state index is 12.2. The van der Waals surface area contributed by atoms with Crippen LogP contribution in [-0.2, 0) is 9.59 Å². The van der Waals surface area contributed by atoms with Crippen LogP contribution in [0.25, 0.3) is 10.8 Å². The number of hydrogen-bond donors (Lipinski definition) is 3. The first-order valence-corrected chi connectivity index (χ1v) is 8.62. The van der Waals surface area contributed by atoms with Gasteiger partial charge in [0.05, 0.1) is 18.7 Å². The van der Waals surface area contributed by atoms with E-state index in [0.29, 0.717) is 12.3 Å². The maximum atomic E-state index is 12.2. The molecule has 0 saturated carbocycles. The molecule has 25 heavy (non-hydrogen) atoms. The van der Waals surface area contributed by atoms with Gasteiger partial charge in [-0.15, -0.1) is 0 Å². The summed E-state index contributed by atoms with van der Waals surface area (Å²) in [6.45, 7) is 5.66. The normalized spacial score (nSPS) is 13.5. The van der Waals surface area contributed by atoms with Gasteiger partial charge in [0.1, 0.15) is 0 Å². The zero-order chi connectivity index (χ0) is 18.4. The van der Waals surface area contributed by atoms with Gasteiger partial charge in [-0.3, -0.25) is 9.59 Å². The first kappa shape index (κ1) is 18.9. The predicted octanol–water partition coefficient (Wildman–Crippen LogP) is 2.54. The molecule has 0 fully saturated rings. The summed E-state index contributed by atoms with van der Waals surface area (Å²) in [5.41, 5.74) is 0.958. The van der Waals surface area contributed by atoms with E-state index >= 15 is 0 Å². The van der Waals surface area contributed by atoms with Crippen molar-refractivity contribution in [1.29, 1.82) is 0 Å².